The average molecular weight is 305 g/mol. The molecule has 0 bridgehead atoms. The zero-order valence-electron chi connectivity index (χ0n) is 13.7. The molecule has 0 unspecified atom stereocenters. The van der Waals surface area contributed by atoms with E-state index in [-0.39, 0.29) is 17.0 Å². The van der Waals surface area contributed by atoms with Gasteiger partial charge in [-0.1, -0.05) is 19.3 Å². The van der Waals surface area contributed by atoms with Crippen molar-refractivity contribution in [2.75, 3.05) is 20.1 Å². The van der Waals surface area contributed by atoms with Crippen LogP contribution in [0.2, 0.25) is 0 Å². The molecule has 0 spiro atoms. The summed E-state index contributed by atoms with van der Waals surface area (Å²) in [5, 5.41) is 2.83. The molecule has 1 aromatic heterocycles. The van der Waals surface area contributed by atoms with Gasteiger partial charge in [-0.3, -0.25) is 9.59 Å². The van der Waals surface area contributed by atoms with E-state index in [1.807, 2.05) is 0 Å². The van der Waals surface area contributed by atoms with Crippen molar-refractivity contribution >= 4 is 5.91 Å². The van der Waals surface area contributed by atoms with Gasteiger partial charge in [0, 0.05) is 18.3 Å². The third-order valence-electron chi connectivity index (χ3n) is 4.47. The number of pyridine rings is 1. The smallest absolute Gasteiger partial charge is 0.260 e. The fourth-order valence-electron chi connectivity index (χ4n) is 3.08. The van der Waals surface area contributed by atoms with Gasteiger partial charge in [-0.25, -0.2) is 0 Å². The Kier molecular flexibility index (Phi) is 6.19. The van der Waals surface area contributed by atoms with E-state index in [2.05, 4.69) is 22.2 Å². The molecule has 22 heavy (non-hydrogen) atoms. The van der Waals surface area contributed by atoms with E-state index >= 15 is 0 Å². The Morgan fingerprint density at radius 3 is 2.73 bits per heavy atom. The van der Waals surface area contributed by atoms with Crippen LogP contribution in [0.15, 0.2) is 16.9 Å². The summed E-state index contributed by atoms with van der Waals surface area (Å²) >= 11 is 0. The van der Waals surface area contributed by atoms with Gasteiger partial charge >= 0.3 is 0 Å². The molecule has 1 saturated carbocycles. The lowest BCUT2D eigenvalue weighted by Crippen LogP contribution is -2.36. The molecule has 2 rings (SSSR count). The summed E-state index contributed by atoms with van der Waals surface area (Å²) in [7, 11) is 2.17. The van der Waals surface area contributed by atoms with E-state index < -0.39 is 0 Å². The number of nitrogens with zero attached hydrogens (tertiary/aromatic N) is 1. The van der Waals surface area contributed by atoms with Crippen LogP contribution in [0, 0.1) is 6.92 Å². The second-order valence-corrected chi connectivity index (χ2v) is 6.27. The van der Waals surface area contributed by atoms with Crippen LogP contribution in [0.1, 0.15) is 54.6 Å². The Balaban J connectivity index is 1.71. The summed E-state index contributed by atoms with van der Waals surface area (Å²) in [5.41, 5.74) is 0.624. The number of carbonyl (C=O) groups excluding carboxylic acids is 1. The summed E-state index contributed by atoms with van der Waals surface area (Å²) in [6.45, 7) is 3.38. The van der Waals surface area contributed by atoms with Crippen molar-refractivity contribution in [3.63, 3.8) is 0 Å². The molecule has 122 valence electrons. The first-order valence-electron chi connectivity index (χ1n) is 8.26. The summed E-state index contributed by atoms with van der Waals surface area (Å²) in [4.78, 5) is 28.7. The minimum absolute atomic E-state index is 0.186. The number of hydrogen-bond acceptors (Lipinski definition) is 3. The lowest BCUT2D eigenvalue weighted by atomic mass is 9.94. The van der Waals surface area contributed by atoms with Crippen LogP contribution in [0.25, 0.3) is 0 Å². The van der Waals surface area contributed by atoms with Gasteiger partial charge in [-0.15, -0.1) is 0 Å². The Morgan fingerprint density at radius 1 is 1.32 bits per heavy atom. The van der Waals surface area contributed by atoms with Crippen molar-refractivity contribution in [1.82, 2.24) is 15.2 Å². The molecule has 1 aliphatic rings. The molecule has 1 heterocycles. The lowest BCUT2D eigenvalue weighted by molar-refractivity contribution is 0.0949. The number of amides is 1. The molecule has 0 aliphatic heterocycles. The van der Waals surface area contributed by atoms with Crippen LogP contribution in [0.3, 0.4) is 0 Å². The maximum absolute atomic E-state index is 12.0. The van der Waals surface area contributed by atoms with Crippen molar-refractivity contribution < 1.29 is 4.79 Å². The fourth-order valence-corrected chi connectivity index (χ4v) is 3.08. The number of nitrogens with one attached hydrogen (secondary N) is 2. The summed E-state index contributed by atoms with van der Waals surface area (Å²) < 4.78 is 0. The number of aryl methyl sites for hydroxylation is 1. The Labute approximate surface area is 132 Å². The number of aromatic nitrogens is 1. The lowest BCUT2D eigenvalue weighted by Gasteiger charge is -2.31. The topological polar surface area (TPSA) is 65.2 Å². The maximum Gasteiger partial charge on any atom is 0.260 e. The van der Waals surface area contributed by atoms with Crippen molar-refractivity contribution in [3.05, 3.63) is 33.7 Å². The van der Waals surface area contributed by atoms with Gasteiger partial charge in [0.15, 0.2) is 0 Å². The normalized spacial score (nSPS) is 16.0. The third-order valence-corrected chi connectivity index (χ3v) is 4.47. The highest BCUT2D eigenvalue weighted by Gasteiger charge is 2.17. The molecule has 0 saturated heterocycles. The summed E-state index contributed by atoms with van der Waals surface area (Å²) in [5.74, 6) is -0.290. The van der Waals surface area contributed by atoms with E-state index in [0.717, 1.165) is 18.7 Å². The molecule has 2 N–H and O–H groups in total. The quantitative estimate of drug-likeness (QED) is 0.791. The predicted octanol–water partition coefficient (Wildman–Crippen LogP) is 2.07. The second kappa shape index (κ2) is 8.13. The van der Waals surface area contributed by atoms with Gasteiger partial charge in [-0.2, -0.15) is 0 Å². The van der Waals surface area contributed by atoms with Crippen LogP contribution in [0.5, 0.6) is 0 Å². The fraction of sp³-hybridized carbons (Fsp3) is 0.647. The standard InChI is InChI=1S/C17H27N3O2/c1-13-9-10-15(17(22)19-13)16(21)18-11-6-12-20(2)14-7-4-3-5-8-14/h9-10,14H,3-8,11-12H2,1-2H3,(H,18,21)(H,19,22). The summed E-state index contributed by atoms with van der Waals surface area (Å²) in [6.07, 6.45) is 7.53. The molecule has 0 aromatic carbocycles. The minimum atomic E-state index is -0.322. The average Bonchev–Trinajstić information content (AvgIpc) is 2.52. The van der Waals surface area contributed by atoms with Gasteiger partial charge in [0.2, 0.25) is 0 Å². The van der Waals surface area contributed by atoms with Crippen LogP contribution >= 0.6 is 0 Å². The molecular formula is C17H27N3O2. The molecular weight excluding hydrogens is 278 g/mol. The molecule has 0 radical (unpaired) electrons. The number of rotatable bonds is 6. The molecule has 1 aliphatic carbocycles. The van der Waals surface area contributed by atoms with E-state index in [9.17, 15) is 9.59 Å². The van der Waals surface area contributed by atoms with Crippen molar-refractivity contribution in [1.29, 1.82) is 0 Å². The van der Waals surface area contributed by atoms with Crippen LogP contribution in [-0.4, -0.2) is 42.0 Å². The first kappa shape index (κ1) is 16.7. The second-order valence-electron chi connectivity index (χ2n) is 6.27. The SMILES string of the molecule is Cc1ccc(C(=O)NCCCN(C)C2CCCCC2)c(=O)[nH]1. The zero-order valence-corrected chi connectivity index (χ0v) is 13.7. The highest BCUT2D eigenvalue weighted by Crippen LogP contribution is 2.21. The number of hydrogen-bond donors (Lipinski definition) is 2. The van der Waals surface area contributed by atoms with Gasteiger partial charge in [0.1, 0.15) is 5.56 Å². The first-order chi connectivity index (χ1) is 10.6. The largest absolute Gasteiger partial charge is 0.352 e. The highest BCUT2D eigenvalue weighted by atomic mass is 16.2. The van der Waals surface area contributed by atoms with Crippen molar-refractivity contribution in [2.24, 2.45) is 0 Å². The van der Waals surface area contributed by atoms with E-state index in [1.54, 1.807) is 19.1 Å². The molecule has 1 fully saturated rings. The van der Waals surface area contributed by atoms with Gasteiger partial charge in [0.25, 0.3) is 11.5 Å². The van der Waals surface area contributed by atoms with E-state index in [0.29, 0.717) is 12.6 Å². The van der Waals surface area contributed by atoms with Crippen LogP contribution in [-0.2, 0) is 0 Å². The van der Waals surface area contributed by atoms with Crippen molar-refractivity contribution in [2.45, 2.75) is 51.5 Å². The monoisotopic (exact) mass is 305 g/mol. The van der Waals surface area contributed by atoms with Gasteiger partial charge in [-0.05, 0) is 51.9 Å². The molecule has 0 atom stereocenters. The Bertz CT molecular complexity index is 547. The Hall–Kier alpha value is -1.62. The van der Waals surface area contributed by atoms with E-state index in [4.69, 9.17) is 0 Å². The summed E-state index contributed by atoms with van der Waals surface area (Å²) in [6, 6.07) is 4.02. The third kappa shape index (κ3) is 4.70. The minimum Gasteiger partial charge on any atom is -0.352 e. The first-order valence-corrected chi connectivity index (χ1v) is 8.26. The zero-order chi connectivity index (χ0) is 15.9. The van der Waals surface area contributed by atoms with Crippen molar-refractivity contribution in [3.8, 4) is 0 Å². The van der Waals surface area contributed by atoms with Gasteiger partial charge < -0.3 is 15.2 Å². The molecule has 1 aromatic rings. The predicted molar refractivity (Wildman–Crippen MR) is 88.3 cm³/mol. The van der Waals surface area contributed by atoms with Crippen LogP contribution in [0.4, 0.5) is 0 Å². The number of aromatic amines is 1. The molecule has 5 nitrogen and oxygen atoms in total. The Morgan fingerprint density at radius 2 is 2.05 bits per heavy atom. The molecule has 1 amide bonds. The van der Waals surface area contributed by atoms with Gasteiger partial charge in [0.05, 0.1) is 0 Å². The van der Waals surface area contributed by atoms with Crippen LogP contribution < -0.4 is 10.9 Å². The maximum atomic E-state index is 12.0. The number of carbonyl (C=O) groups is 1. The number of H-pyrrole nitrogens is 1. The molecule has 5 heteroatoms. The van der Waals surface area contributed by atoms with E-state index in [1.165, 1.54) is 32.1 Å². The highest BCUT2D eigenvalue weighted by molar-refractivity contribution is 5.93.